The standard InChI is InChI=1S/C24H32F3N5O7S/c1-15-20(22(34)31-40(35,36)13-3-12-37-2)30-23(38-15)32(14-19(33)29-21(28)17-6-7-17)11-10-16-4-8-18(9-5-16)39-24(25,26)27/h4-5,8-9,17,21H,3,6-7,10-14,28H2,1-2H3,(H,29,33)(H,31,34). The second-order valence-corrected chi connectivity index (χ2v) is 11.1. The Labute approximate surface area is 229 Å². The lowest BCUT2D eigenvalue weighted by Crippen LogP contribution is -2.47. The monoisotopic (exact) mass is 591 g/mol. The fraction of sp³-hybridized carbons (Fsp3) is 0.542. The fourth-order valence-corrected chi connectivity index (χ4v) is 4.68. The van der Waals surface area contributed by atoms with E-state index in [1.54, 1.807) is 0 Å². The largest absolute Gasteiger partial charge is 0.573 e. The van der Waals surface area contributed by atoms with E-state index < -0.39 is 34.4 Å². The molecule has 1 aliphatic carbocycles. The Kier molecular flexibility index (Phi) is 10.4. The Morgan fingerprint density at radius 1 is 1.25 bits per heavy atom. The number of hydrogen-bond donors (Lipinski definition) is 3. The zero-order valence-corrected chi connectivity index (χ0v) is 22.8. The minimum absolute atomic E-state index is 0.0216. The molecule has 40 heavy (non-hydrogen) atoms. The summed E-state index contributed by atoms with van der Waals surface area (Å²) in [5.74, 6) is -1.93. The Hall–Kier alpha value is -3.37. The zero-order chi connectivity index (χ0) is 29.5. The van der Waals surface area contributed by atoms with Crippen molar-refractivity contribution < 1.29 is 45.1 Å². The minimum atomic E-state index is -4.82. The molecular weight excluding hydrogens is 559 g/mol. The topological polar surface area (TPSA) is 166 Å². The van der Waals surface area contributed by atoms with Gasteiger partial charge in [0.2, 0.25) is 15.9 Å². The number of sulfonamides is 1. The molecule has 1 saturated carbocycles. The molecule has 1 aliphatic rings. The molecule has 3 rings (SSSR count). The highest BCUT2D eigenvalue weighted by molar-refractivity contribution is 7.90. The van der Waals surface area contributed by atoms with Crippen molar-refractivity contribution in [3.63, 3.8) is 0 Å². The van der Waals surface area contributed by atoms with Crippen LogP contribution in [0, 0.1) is 12.8 Å². The van der Waals surface area contributed by atoms with Gasteiger partial charge in [-0.3, -0.25) is 9.59 Å². The quantitative estimate of drug-likeness (QED) is 0.205. The molecule has 4 N–H and O–H groups in total. The molecule has 0 bridgehead atoms. The summed E-state index contributed by atoms with van der Waals surface area (Å²) in [6.45, 7) is 1.47. The summed E-state index contributed by atoms with van der Waals surface area (Å²) < 4.78 is 78.0. The number of nitrogens with one attached hydrogen (secondary N) is 2. The number of amides is 2. The maximum absolute atomic E-state index is 12.7. The number of oxazole rings is 1. The SMILES string of the molecule is COCCCS(=O)(=O)NC(=O)c1nc(N(CCc2ccc(OC(F)(F)F)cc2)CC(=O)NC(N)C2CC2)oc1C. The van der Waals surface area contributed by atoms with Gasteiger partial charge < -0.3 is 29.8 Å². The third-order valence-electron chi connectivity index (χ3n) is 5.90. The third kappa shape index (κ3) is 9.98. The Bertz CT molecular complexity index is 1260. The molecule has 0 saturated heterocycles. The van der Waals surface area contributed by atoms with E-state index in [0.29, 0.717) is 5.56 Å². The molecule has 0 aliphatic heterocycles. The molecule has 12 nitrogen and oxygen atoms in total. The van der Waals surface area contributed by atoms with Gasteiger partial charge in [0, 0.05) is 20.3 Å². The van der Waals surface area contributed by atoms with Crippen LogP contribution in [0.1, 0.15) is 41.1 Å². The number of alkyl halides is 3. The van der Waals surface area contributed by atoms with Crippen LogP contribution in [-0.2, 0) is 26.0 Å². The van der Waals surface area contributed by atoms with Gasteiger partial charge >= 0.3 is 6.36 Å². The van der Waals surface area contributed by atoms with Crippen molar-refractivity contribution in [1.29, 1.82) is 0 Å². The molecule has 0 radical (unpaired) electrons. The molecule has 1 atom stereocenters. The van der Waals surface area contributed by atoms with E-state index in [-0.39, 0.29) is 67.4 Å². The van der Waals surface area contributed by atoms with Gasteiger partial charge in [-0.2, -0.15) is 4.98 Å². The second-order valence-electron chi connectivity index (χ2n) is 9.29. The van der Waals surface area contributed by atoms with Gasteiger partial charge in [0.05, 0.1) is 11.9 Å². The average Bonchev–Trinajstić information content (AvgIpc) is 3.63. The molecule has 1 aromatic carbocycles. The zero-order valence-electron chi connectivity index (χ0n) is 22.0. The van der Waals surface area contributed by atoms with Gasteiger partial charge in [0.1, 0.15) is 18.1 Å². The summed E-state index contributed by atoms with van der Waals surface area (Å²) in [7, 11) is -2.53. The lowest BCUT2D eigenvalue weighted by atomic mass is 10.1. The van der Waals surface area contributed by atoms with Gasteiger partial charge in [0.25, 0.3) is 11.9 Å². The first kappa shape index (κ1) is 31.2. The molecule has 0 spiro atoms. The second kappa shape index (κ2) is 13.3. The number of benzene rings is 1. The van der Waals surface area contributed by atoms with Crippen LogP contribution in [0.2, 0.25) is 0 Å². The van der Waals surface area contributed by atoms with Crippen LogP contribution in [0.3, 0.4) is 0 Å². The van der Waals surface area contributed by atoms with E-state index in [9.17, 15) is 31.2 Å². The van der Waals surface area contributed by atoms with Crippen molar-refractivity contribution >= 4 is 27.9 Å². The first-order valence-corrected chi connectivity index (χ1v) is 14.1. The molecule has 2 amide bonds. The molecule has 1 aromatic heterocycles. The summed E-state index contributed by atoms with van der Waals surface area (Å²) in [5.41, 5.74) is 6.33. The summed E-state index contributed by atoms with van der Waals surface area (Å²) >= 11 is 0. The molecule has 222 valence electrons. The third-order valence-corrected chi connectivity index (χ3v) is 7.22. The number of halogens is 3. The number of carbonyl (C=O) groups is 2. The number of nitrogens with two attached hydrogens (primary N) is 1. The van der Waals surface area contributed by atoms with Crippen LogP contribution in [-0.4, -0.2) is 70.3 Å². The van der Waals surface area contributed by atoms with Crippen molar-refractivity contribution in [1.82, 2.24) is 15.0 Å². The highest BCUT2D eigenvalue weighted by Gasteiger charge is 2.32. The maximum Gasteiger partial charge on any atom is 0.573 e. The number of anilines is 1. The van der Waals surface area contributed by atoms with Crippen LogP contribution in [0.15, 0.2) is 28.7 Å². The van der Waals surface area contributed by atoms with Crippen LogP contribution in [0.4, 0.5) is 19.2 Å². The minimum Gasteiger partial charge on any atom is -0.428 e. The van der Waals surface area contributed by atoms with E-state index in [0.717, 1.165) is 12.8 Å². The molecule has 1 fully saturated rings. The lowest BCUT2D eigenvalue weighted by molar-refractivity contribution is -0.274. The summed E-state index contributed by atoms with van der Waals surface area (Å²) in [6.07, 6.45) is -3.09. The normalized spacial score (nSPS) is 14.4. The summed E-state index contributed by atoms with van der Waals surface area (Å²) in [4.78, 5) is 30.9. The van der Waals surface area contributed by atoms with Crippen LogP contribution >= 0.6 is 0 Å². The van der Waals surface area contributed by atoms with Gasteiger partial charge in [-0.15, -0.1) is 13.2 Å². The molecule has 1 unspecified atom stereocenters. The number of hydrogen-bond acceptors (Lipinski definition) is 10. The van der Waals surface area contributed by atoms with Gasteiger partial charge in [-0.05, 0) is 56.2 Å². The van der Waals surface area contributed by atoms with E-state index in [1.807, 2.05) is 4.72 Å². The molecule has 1 heterocycles. The Morgan fingerprint density at radius 3 is 2.52 bits per heavy atom. The maximum atomic E-state index is 12.7. The fourth-order valence-electron chi connectivity index (χ4n) is 3.70. The van der Waals surface area contributed by atoms with Crippen molar-refractivity contribution in [3.05, 3.63) is 41.3 Å². The highest BCUT2D eigenvalue weighted by atomic mass is 32.2. The first-order chi connectivity index (χ1) is 18.8. The smallest absolute Gasteiger partial charge is 0.428 e. The highest BCUT2D eigenvalue weighted by Crippen LogP contribution is 2.30. The van der Waals surface area contributed by atoms with E-state index in [4.69, 9.17) is 14.9 Å². The van der Waals surface area contributed by atoms with Crippen LogP contribution in [0.5, 0.6) is 5.75 Å². The van der Waals surface area contributed by atoms with Gasteiger partial charge in [0.15, 0.2) is 5.69 Å². The van der Waals surface area contributed by atoms with Gasteiger partial charge in [-0.25, -0.2) is 13.1 Å². The summed E-state index contributed by atoms with van der Waals surface area (Å²) in [5, 5.41) is 2.70. The molecule has 2 aromatic rings. The van der Waals surface area contributed by atoms with Crippen molar-refractivity contribution in [3.8, 4) is 5.75 Å². The number of carbonyl (C=O) groups excluding carboxylic acids is 2. The Morgan fingerprint density at radius 2 is 1.93 bits per heavy atom. The number of methoxy groups -OCH3 is 1. The number of nitrogens with zero attached hydrogens (tertiary/aromatic N) is 2. The van der Waals surface area contributed by atoms with Crippen LogP contribution < -0.4 is 25.4 Å². The number of rotatable bonds is 15. The van der Waals surface area contributed by atoms with E-state index in [1.165, 1.54) is 43.2 Å². The van der Waals surface area contributed by atoms with Crippen molar-refractivity contribution in [2.45, 2.75) is 45.1 Å². The van der Waals surface area contributed by atoms with Crippen molar-refractivity contribution in [2.75, 3.05) is 37.5 Å². The molecule has 16 heteroatoms. The Balaban J connectivity index is 1.73. The van der Waals surface area contributed by atoms with E-state index in [2.05, 4.69) is 15.0 Å². The van der Waals surface area contributed by atoms with Gasteiger partial charge in [-0.1, -0.05) is 12.1 Å². The van der Waals surface area contributed by atoms with Crippen LogP contribution in [0.25, 0.3) is 0 Å². The number of aromatic nitrogens is 1. The average molecular weight is 592 g/mol. The van der Waals surface area contributed by atoms with E-state index >= 15 is 0 Å². The predicted octanol–water partition coefficient (Wildman–Crippen LogP) is 1.84. The lowest BCUT2D eigenvalue weighted by Gasteiger charge is -2.22. The predicted molar refractivity (Wildman–Crippen MR) is 137 cm³/mol. The molecular formula is C24H32F3N5O7S. The summed E-state index contributed by atoms with van der Waals surface area (Å²) in [6, 6.07) is 5.09. The number of aryl methyl sites for hydroxylation is 1. The number of ether oxygens (including phenoxy) is 2. The first-order valence-electron chi connectivity index (χ1n) is 12.4. The van der Waals surface area contributed by atoms with Crippen molar-refractivity contribution in [2.24, 2.45) is 11.7 Å².